The van der Waals surface area contributed by atoms with Crippen LogP contribution in [0, 0.1) is 0 Å². The molecule has 2 saturated heterocycles. The first-order valence-electron chi connectivity index (χ1n) is 13.8. The topological polar surface area (TPSA) is 44.8 Å². The maximum Gasteiger partial charge on any atom is 0.413 e. The normalized spacial score (nSPS) is 18.8. The van der Waals surface area contributed by atoms with E-state index in [0.717, 1.165) is 61.9 Å². The second-order valence-corrected chi connectivity index (χ2v) is 11.5. The molecule has 0 radical (unpaired) electrons. The van der Waals surface area contributed by atoms with Crippen molar-refractivity contribution in [1.29, 1.82) is 0 Å². The van der Waals surface area contributed by atoms with Crippen LogP contribution in [-0.4, -0.2) is 54.3 Å². The summed E-state index contributed by atoms with van der Waals surface area (Å²) in [5, 5.41) is 5.62. The van der Waals surface area contributed by atoms with Gasteiger partial charge in [-0.25, -0.2) is 4.79 Å². The third kappa shape index (κ3) is 6.67. The van der Waals surface area contributed by atoms with Gasteiger partial charge in [0.2, 0.25) is 0 Å². The Kier molecular flexibility index (Phi) is 8.70. The number of fused-ring (bicyclic) bond motifs is 1. The molecule has 5 rings (SSSR count). The summed E-state index contributed by atoms with van der Waals surface area (Å²) in [5.74, 6) is 0.829. The highest BCUT2D eigenvalue weighted by Crippen LogP contribution is 2.33. The molecule has 1 N–H and O–H groups in total. The van der Waals surface area contributed by atoms with Crippen molar-refractivity contribution in [3.05, 3.63) is 72.3 Å². The molecule has 1 amide bonds. The van der Waals surface area contributed by atoms with Crippen molar-refractivity contribution >= 4 is 34.3 Å². The van der Waals surface area contributed by atoms with Crippen LogP contribution < -0.4 is 5.32 Å². The van der Waals surface area contributed by atoms with Crippen molar-refractivity contribution in [2.45, 2.75) is 61.8 Å². The molecule has 2 aliphatic heterocycles. The average molecular weight is 518 g/mol. The van der Waals surface area contributed by atoms with Gasteiger partial charge < -0.3 is 4.74 Å². The lowest BCUT2D eigenvalue weighted by atomic mass is 10.0. The van der Waals surface area contributed by atoms with Gasteiger partial charge in [0.25, 0.3) is 0 Å². The Morgan fingerprint density at radius 1 is 0.865 bits per heavy atom. The van der Waals surface area contributed by atoms with Gasteiger partial charge in [-0.1, -0.05) is 67.4 Å². The summed E-state index contributed by atoms with van der Waals surface area (Å²) in [7, 11) is 0. The van der Waals surface area contributed by atoms with Crippen LogP contribution in [-0.2, 0) is 10.5 Å². The third-order valence-corrected chi connectivity index (χ3v) is 8.81. The molecule has 0 aromatic heterocycles. The number of rotatable bonds is 8. The summed E-state index contributed by atoms with van der Waals surface area (Å²) >= 11 is 1.74. The molecule has 37 heavy (non-hydrogen) atoms. The van der Waals surface area contributed by atoms with Crippen LogP contribution >= 0.6 is 11.8 Å². The van der Waals surface area contributed by atoms with Crippen molar-refractivity contribution < 1.29 is 9.53 Å². The molecule has 0 bridgehead atoms. The Bertz CT molecular complexity index is 1180. The Labute approximate surface area is 225 Å². The van der Waals surface area contributed by atoms with E-state index in [1.165, 1.54) is 42.0 Å². The van der Waals surface area contributed by atoms with Gasteiger partial charge in [-0.15, -0.1) is 11.8 Å². The predicted molar refractivity (Wildman–Crippen MR) is 154 cm³/mol. The molecule has 3 aromatic rings. The molecule has 1 atom stereocenters. The molecule has 6 heteroatoms. The number of anilines is 1. The van der Waals surface area contributed by atoms with Gasteiger partial charge in [-0.05, 0) is 74.2 Å². The quantitative estimate of drug-likeness (QED) is 0.316. The summed E-state index contributed by atoms with van der Waals surface area (Å²) in [6.07, 6.45) is 6.95. The van der Waals surface area contributed by atoms with E-state index in [-0.39, 0.29) is 6.09 Å². The lowest BCUT2D eigenvalue weighted by molar-refractivity contribution is -0.120. The zero-order chi connectivity index (χ0) is 25.5. The largest absolute Gasteiger partial charge is 0.426 e. The fraction of sp³-hybridized carbons (Fsp3) is 0.452. The van der Waals surface area contributed by atoms with Gasteiger partial charge in [-0.2, -0.15) is 0 Å². The summed E-state index contributed by atoms with van der Waals surface area (Å²) < 4.78 is 6.28. The van der Waals surface area contributed by atoms with Crippen molar-refractivity contribution in [2.24, 2.45) is 0 Å². The number of likely N-dealkylation sites (tertiary alicyclic amines) is 2. The number of hydrogen-bond acceptors (Lipinski definition) is 5. The Morgan fingerprint density at radius 2 is 1.54 bits per heavy atom. The molecular formula is C31H39N3O2S. The smallest absolute Gasteiger partial charge is 0.413 e. The van der Waals surface area contributed by atoms with E-state index in [9.17, 15) is 4.79 Å². The maximum absolute atomic E-state index is 13.3. The lowest BCUT2D eigenvalue weighted by Crippen LogP contribution is -2.58. The highest BCUT2D eigenvalue weighted by Gasteiger charge is 2.38. The fourth-order valence-electron chi connectivity index (χ4n) is 5.70. The van der Waals surface area contributed by atoms with E-state index in [1.807, 2.05) is 18.2 Å². The zero-order valence-electron chi connectivity index (χ0n) is 22.0. The van der Waals surface area contributed by atoms with Crippen LogP contribution in [0.1, 0.15) is 51.0 Å². The minimum absolute atomic E-state index is 0.372. The second kappa shape index (κ2) is 12.3. The minimum Gasteiger partial charge on any atom is -0.426 e. The van der Waals surface area contributed by atoms with Crippen LogP contribution in [0.2, 0.25) is 0 Å². The summed E-state index contributed by atoms with van der Waals surface area (Å²) in [6.45, 7) is 7.00. The monoisotopic (exact) mass is 517 g/mol. The fourth-order valence-corrected chi connectivity index (χ4v) is 6.71. The van der Waals surface area contributed by atoms with E-state index >= 15 is 0 Å². The maximum atomic E-state index is 13.3. The van der Waals surface area contributed by atoms with E-state index in [4.69, 9.17) is 4.74 Å². The molecule has 0 saturated carbocycles. The average Bonchev–Trinajstić information content (AvgIpc) is 2.93. The molecule has 2 aliphatic rings. The summed E-state index contributed by atoms with van der Waals surface area (Å²) in [5.41, 5.74) is 1.46. The van der Waals surface area contributed by atoms with Crippen molar-refractivity contribution in [3.63, 3.8) is 0 Å². The highest BCUT2D eigenvalue weighted by molar-refractivity contribution is 7.98. The zero-order valence-corrected chi connectivity index (χ0v) is 22.8. The van der Waals surface area contributed by atoms with Gasteiger partial charge in [0.05, 0.1) is 12.2 Å². The molecule has 1 unspecified atom stereocenters. The van der Waals surface area contributed by atoms with Gasteiger partial charge in [-0.3, -0.25) is 15.1 Å². The van der Waals surface area contributed by atoms with Gasteiger partial charge in [0, 0.05) is 23.7 Å². The number of ether oxygens (including phenoxy) is 1. The molecular weight excluding hydrogens is 478 g/mol. The molecule has 3 aromatic carbocycles. The van der Waals surface area contributed by atoms with Gasteiger partial charge in [0.15, 0.2) is 5.72 Å². The minimum atomic E-state index is -0.632. The van der Waals surface area contributed by atoms with Crippen LogP contribution in [0.4, 0.5) is 10.5 Å². The molecule has 196 valence electrons. The number of nitrogens with one attached hydrogen (secondary N) is 1. The van der Waals surface area contributed by atoms with Crippen LogP contribution in [0.3, 0.4) is 0 Å². The summed E-state index contributed by atoms with van der Waals surface area (Å²) in [4.78, 5) is 19.2. The van der Waals surface area contributed by atoms with Crippen LogP contribution in [0.15, 0.2) is 71.6 Å². The number of carbonyl (C=O) groups excluding carboxylic acids is 1. The standard InChI is InChI=1S/C31H39N3O2S/c1-31(34-21-10-3-11-22-34,24-33-19-8-2-9-20-33)36-30(35)32-28-17-6-7-18-29(28)37-23-26-15-12-14-25-13-4-5-16-27(25)26/h4-7,12-18H,2-3,8-11,19-24H2,1H3,(H,32,35). The Balaban J connectivity index is 1.28. The number of hydrogen-bond donors (Lipinski definition) is 1. The molecule has 0 spiro atoms. The number of piperidine rings is 2. The number of nitrogens with zero attached hydrogens (tertiary/aromatic N) is 2. The number of amides is 1. The Morgan fingerprint density at radius 3 is 2.35 bits per heavy atom. The van der Waals surface area contributed by atoms with Gasteiger partial charge in [0.1, 0.15) is 0 Å². The summed E-state index contributed by atoms with van der Waals surface area (Å²) in [6, 6.07) is 23.0. The first-order valence-corrected chi connectivity index (χ1v) is 14.8. The lowest BCUT2D eigenvalue weighted by Gasteiger charge is -2.45. The molecule has 5 nitrogen and oxygen atoms in total. The highest BCUT2D eigenvalue weighted by atomic mass is 32.2. The van der Waals surface area contributed by atoms with E-state index in [2.05, 4.69) is 70.6 Å². The molecule has 0 aliphatic carbocycles. The predicted octanol–water partition coefficient (Wildman–Crippen LogP) is 7.37. The number of benzene rings is 3. The van der Waals surface area contributed by atoms with E-state index in [0.29, 0.717) is 0 Å². The Hall–Kier alpha value is -2.54. The number of para-hydroxylation sites is 1. The molecule has 2 fully saturated rings. The number of carbonyl (C=O) groups is 1. The van der Waals surface area contributed by atoms with E-state index in [1.54, 1.807) is 11.8 Å². The SMILES string of the molecule is CC(CN1CCCCC1)(OC(=O)Nc1ccccc1SCc1cccc2ccccc12)N1CCCCC1. The van der Waals surface area contributed by atoms with Crippen LogP contribution in [0.5, 0.6) is 0 Å². The van der Waals surface area contributed by atoms with Gasteiger partial charge >= 0.3 is 6.09 Å². The van der Waals surface area contributed by atoms with Crippen molar-refractivity contribution in [1.82, 2.24) is 9.80 Å². The first-order chi connectivity index (χ1) is 18.1. The van der Waals surface area contributed by atoms with E-state index < -0.39 is 5.72 Å². The first kappa shape index (κ1) is 26.1. The number of thioether (sulfide) groups is 1. The van der Waals surface area contributed by atoms with Crippen LogP contribution in [0.25, 0.3) is 10.8 Å². The van der Waals surface area contributed by atoms with Crippen molar-refractivity contribution in [2.75, 3.05) is 38.0 Å². The second-order valence-electron chi connectivity index (χ2n) is 10.5. The molecule has 2 heterocycles. The third-order valence-electron chi connectivity index (χ3n) is 7.69. The van der Waals surface area contributed by atoms with Crippen molar-refractivity contribution in [3.8, 4) is 0 Å².